The Labute approximate surface area is 119 Å². The van der Waals surface area contributed by atoms with Crippen LogP contribution in [0, 0.1) is 6.92 Å². The lowest BCUT2D eigenvalue weighted by Gasteiger charge is -1.98. The molecule has 0 atom stereocenters. The van der Waals surface area contributed by atoms with Gasteiger partial charge in [0.1, 0.15) is 5.65 Å². The minimum Gasteiger partial charge on any atom is -0.351 e. The molecule has 3 aromatic rings. The average Bonchev–Trinajstić information content (AvgIpc) is 3.01. The predicted octanol–water partition coefficient (Wildman–Crippen LogP) is 2.21. The van der Waals surface area contributed by atoms with E-state index in [1.165, 1.54) is 0 Å². The van der Waals surface area contributed by atoms with Gasteiger partial charge in [-0.3, -0.25) is 4.79 Å². The van der Waals surface area contributed by atoms with Crippen LogP contribution in [-0.4, -0.2) is 20.4 Å². The fourth-order valence-electron chi connectivity index (χ4n) is 1.83. The van der Waals surface area contributed by atoms with E-state index in [2.05, 4.69) is 15.5 Å². The second-order valence-corrected chi connectivity index (χ2v) is 4.80. The van der Waals surface area contributed by atoms with Gasteiger partial charge in [-0.25, -0.2) is 4.98 Å². The lowest BCUT2D eigenvalue weighted by atomic mass is 10.3. The molecule has 0 aromatic carbocycles. The van der Waals surface area contributed by atoms with Crippen molar-refractivity contribution in [2.24, 2.45) is 0 Å². The Hall–Kier alpha value is -2.34. The molecule has 0 fully saturated rings. The highest BCUT2D eigenvalue weighted by molar-refractivity contribution is 6.30. The zero-order valence-corrected chi connectivity index (χ0v) is 11.4. The number of halogens is 1. The fourth-order valence-corrected chi connectivity index (χ4v) is 2.00. The fraction of sp³-hybridized carbons (Fsp3) is 0.154. The summed E-state index contributed by atoms with van der Waals surface area (Å²) in [5, 5.41) is 7.02. The summed E-state index contributed by atoms with van der Waals surface area (Å²) in [5.41, 5.74) is 2.17. The van der Waals surface area contributed by atoms with Crippen molar-refractivity contribution < 1.29 is 9.32 Å². The SMILES string of the molecule is Cc1cc(C(=O)NCc2cn3cc(Cl)ccc3n2)on1. The number of amides is 1. The molecule has 6 nitrogen and oxygen atoms in total. The van der Waals surface area contributed by atoms with Gasteiger partial charge in [-0.05, 0) is 19.1 Å². The van der Waals surface area contributed by atoms with Crippen molar-refractivity contribution in [2.45, 2.75) is 13.5 Å². The number of rotatable bonds is 3. The maximum atomic E-state index is 11.8. The summed E-state index contributed by atoms with van der Waals surface area (Å²) in [7, 11) is 0. The number of nitrogens with one attached hydrogen (secondary N) is 1. The van der Waals surface area contributed by atoms with E-state index < -0.39 is 0 Å². The van der Waals surface area contributed by atoms with Crippen LogP contribution in [0.5, 0.6) is 0 Å². The van der Waals surface area contributed by atoms with Gasteiger partial charge < -0.3 is 14.2 Å². The normalized spacial score (nSPS) is 10.9. The Morgan fingerprint density at radius 2 is 2.30 bits per heavy atom. The molecule has 0 aliphatic heterocycles. The Kier molecular flexibility index (Phi) is 3.15. The van der Waals surface area contributed by atoms with Crippen LogP contribution in [0.2, 0.25) is 5.02 Å². The molecule has 0 saturated carbocycles. The number of hydrogen-bond donors (Lipinski definition) is 1. The van der Waals surface area contributed by atoms with Crippen molar-refractivity contribution in [1.29, 1.82) is 0 Å². The second-order valence-electron chi connectivity index (χ2n) is 4.36. The van der Waals surface area contributed by atoms with E-state index >= 15 is 0 Å². The van der Waals surface area contributed by atoms with Gasteiger partial charge in [0, 0.05) is 18.5 Å². The van der Waals surface area contributed by atoms with Crippen molar-refractivity contribution in [3.63, 3.8) is 0 Å². The van der Waals surface area contributed by atoms with E-state index in [0.717, 1.165) is 11.3 Å². The first kappa shape index (κ1) is 12.7. The molecule has 0 radical (unpaired) electrons. The minimum atomic E-state index is -0.319. The molecule has 7 heteroatoms. The minimum absolute atomic E-state index is 0.189. The Bertz CT molecular complexity index is 778. The van der Waals surface area contributed by atoms with E-state index in [-0.39, 0.29) is 11.7 Å². The maximum Gasteiger partial charge on any atom is 0.290 e. The first-order chi connectivity index (χ1) is 9.61. The predicted molar refractivity (Wildman–Crippen MR) is 72.6 cm³/mol. The molecular formula is C13H11ClN4O2. The van der Waals surface area contributed by atoms with Gasteiger partial charge in [0.2, 0.25) is 5.76 Å². The van der Waals surface area contributed by atoms with E-state index in [1.807, 2.05) is 16.7 Å². The van der Waals surface area contributed by atoms with Crippen LogP contribution >= 0.6 is 11.6 Å². The van der Waals surface area contributed by atoms with Crippen molar-refractivity contribution >= 4 is 23.2 Å². The number of aromatic nitrogens is 3. The summed E-state index contributed by atoms with van der Waals surface area (Å²) < 4.78 is 6.69. The van der Waals surface area contributed by atoms with Crippen LogP contribution in [-0.2, 0) is 6.54 Å². The number of aryl methyl sites for hydroxylation is 1. The molecule has 0 aliphatic carbocycles. The van der Waals surface area contributed by atoms with Crippen molar-refractivity contribution in [3.05, 3.63) is 52.8 Å². The van der Waals surface area contributed by atoms with Crippen LogP contribution in [0.3, 0.4) is 0 Å². The van der Waals surface area contributed by atoms with Crippen molar-refractivity contribution in [1.82, 2.24) is 19.9 Å². The van der Waals surface area contributed by atoms with Crippen LogP contribution in [0.4, 0.5) is 0 Å². The third kappa shape index (κ3) is 2.50. The van der Waals surface area contributed by atoms with E-state index in [1.54, 1.807) is 25.3 Å². The first-order valence-electron chi connectivity index (χ1n) is 5.96. The molecular weight excluding hydrogens is 280 g/mol. The molecule has 3 rings (SSSR count). The zero-order chi connectivity index (χ0) is 14.1. The van der Waals surface area contributed by atoms with Gasteiger partial charge >= 0.3 is 0 Å². The Morgan fingerprint density at radius 1 is 1.45 bits per heavy atom. The van der Waals surface area contributed by atoms with E-state index in [4.69, 9.17) is 16.1 Å². The standard InChI is InChI=1S/C13H11ClN4O2/c1-8-4-11(20-17-8)13(19)15-5-10-7-18-6-9(14)2-3-12(18)16-10/h2-4,6-7H,5H2,1H3,(H,15,19). The summed E-state index contributed by atoms with van der Waals surface area (Å²) in [4.78, 5) is 16.2. The number of carbonyl (C=O) groups is 1. The molecule has 0 aliphatic rings. The largest absolute Gasteiger partial charge is 0.351 e. The Morgan fingerprint density at radius 3 is 3.05 bits per heavy atom. The highest BCUT2D eigenvalue weighted by Gasteiger charge is 2.11. The third-order valence-corrected chi connectivity index (χ3v) is 2.97. The quantitative estimate of drug-likeness (QED) is 0.803. The number of hydrogen-bond acceptors (Lipinski definition) is 4. The zero-order valence-electron chi connectivity index (χ0n) is 10.6. The third-order valence-electron chi connectivity index (χ3n) is 2.75. The van der Waals surface area contributed by atoms with Gasteiger partial charge in [0.15, 0.2) is 0 Å². The van der Waals surface area contributed by atoms with Crippen LogP contribution in [0.1, 0.15) is 21.9 Å². The number of imidazole rings is 1. The molecule has 1 N–H and O–H groups in total. The van der Waals surface area contributed by atoms with Crippen LogP contribution < -0.4 is 5.32 Å². The molecule has 1 amide bonds. The van der Waals surface area contributed by atoms with Crippen LogP contribution in [0.15, 0.2) is 35.1 Å². The van der Waals surface area contributed by atoms with Crippen molar-refractivity contribution in [2.75, 3.05) is 0 Å². The first-order valence-corrected chi connectivity index (χ1v) is 6.34. The topological polar surface area (TPSA) is 72.4 Å². The molecule has 0 bridgehead atoms. The maximum absolute atomic E-state index is 11.8. The number of fused-ring (bicyclic) bond motifs is 1. The smallest absolute Gasteiger partial charge is 0.290 e. The van der Waals surface area contributed by atoms with Crippen molar-refractivity contribution in [3.8, 4) is 0 Å². The van der Waals surface area contributed by atoms with Gasteiger partial charge in [0.25, 0.3) is 5.91 Å². The lowest BCUT2D eigenvalue weighted by molar-refractivity contribution is 0.0913. The highest BCUT2D eigenvalue weighted by atomic mass is 35.5. The molecule has 3 aromatic heterocycles. The summed E-state index contributed by atoms with van der Waals surface area (Å²) in [6, 6.07) is 5.16. The van der Waals surface area contributed by atoms with Gasteiger partial charge in [-0.15, -0.1) is 0 Å². The number of pyridine rings is 1. The molecule has 102 valence electrons. The molecule has 20 heavy (non-hydrogen) atoms. The van der Waals surface area contributed by atoms with Crippen LogP contribution in [0.25, 0.3) is 5.65 Å². The summed E-state index contributed by atoms with van der Waals surface area (Å²) in [5.74, 6) is -0.130. The van der Waals surface area contributed by atoms with Gasteiger partial charge in [-0.1, -0.05) is 16.8 Å². The van der Waals surface area contributed by atoms with E-state index in [0.29, 0.717) is 17.3 Å². The average molecular weight is 291 g/mol. The lowest BCUT2D eigenvalue weighted by Crippen LogP contribution is -2.22. The highest BCUT2D eigenvalue weighted by Crippen LogP contribution is 2.11. The molecule has 3 heterocycles. The monoisotopic (exact) mass is 290 g/mol. The van der Waals surface area contributed by atoms with E-state index in [9.17, 15) is 4.79 Å². The summed E-state index contributed by atoms with van der Waals surface area (Å²) >= 11 is 5.90. The molecule has 0 spiro atoms. The van der Waals surface area contributed by atoms with Gasteiger partial charge in [-0.2, -0.15) is 0 Å². The Balaban J connectivity index is 1.72. The second kappa shape index (κ2) is 4.97. The van der Waals surface area contributed by atoms with Gasteiger partial charge in [0.05, 0.1) is 23.0 Å². The number of nitrogens with zero attached hydrogens (tertiary/aromatic N) is 3. The number of carbonyl (C=O) groups excluding carboxylic acids is 1. The summed E-state index contributed by atoms with van der Waals surface area (Å²) in [6.45, 7) is 2.06. The summed E-state index contributed by atoms with van der Waals surface area (Å²) in [6.07, 6.45) is 3.57. The molecule has 0 unspecified atom stereocenters. The molecule has 0 saturated heterocycles.